The number of amides is 3. The average molecular weight is 280 g/mol. The van der Waals surface area contributed by atoms with E-state index in [0.29, 0.717) is 5.56 Å². The van der Waals surface area contributed by atoms with Gasteiger partial charge in [0.25, 0.3) is 5.91 Å². The topological polar surface area (TPSA) is 95.5 Å². The van der Waals surface area contributed by atoms with Crippen molar-refractivity contribution in [3.63, 3.8) is 0 Å². The lowest BCUT2D eigenvalue weighted by molar-refractivity contribution is -0.134. The highest BCUT2D eigenvalue weighted by Crippen LogP contribution is 2.12. The Bertz CT molecular complexity index is 573. The molecular weight excluding hydrogens is 267 g/mol. The monoisotopic (exact) mass is 280 g/mol. The van der Waals surface area contributed by atoms with E-state index in [1.165, 1.54) is 12.1 Å². The quantitative estimate of drug-likeness (QED) is 0.671. The summed E-state index contributed by atoms with van der Waals surface area (Å²) in [5.41, 5.74) is 0.131. The predicted octanol–water partition coefficient (Wildman–Crippen LogP) is -0.147. The summed E-state index contributed by atoms with van der Waals surface area (Å²) in [4.78, 5) is 34.3. The molecule has 1 aliphatic heterocycles. The highest BCUT2D eigenvalue weighted by Gasteiger charge is 2.28. The van der Waals surface area contributed by atoms with Crippen LogP contribution in [0.5, 0.6) is 0 Å². The summed E-state index contributed by atoms with van der Waals surface area (Å²) in [7, 11) is 0. The minimum absolute atomic E-state index is 0.128. The molecule has 0 aliphatic carbocycles. The van der Waals surface area contributed by atoms with Gasteiger partial charge in [0.15, 0.2) is 0 Å². The molecule has 2 rings (SSSR count). The number of piperidine rings is 1. The van der Waals surface area contributed by atoms with E-state index in [1.807, 2.05) is 0 Å². The number of nitrogens with one attached hydrogen (secondary N) is 2. The zero-order valence-corrected chi connectivity index (χ0v) is 10.5. The van der Waals surface area contributed by atoms with Gasteiger partial charge in [-0.25, -0.2) is 4.39 Å². The fourth-order valence-corrected chi connectivity index (χ4v) is 1.91. The van der Waals surface area contributed by atoms with Crippen LogP contribution in [0.2, 0.25) is 0 Å². The van der Waals surface area contributed by atoms with Gasteiger partial charge in [-0.05, 0) is 24.1 Å². The Morgan fingerprint density at radius 3 is 2.80 bits per heavy atom. The molecule has 20 heavy (non-hydrogen) atoms. The third kappa shape index (κ3) is 3.00. The maximum atomic E-state index is 13.7. The van der Waals surface area contributed by atoms with Crippen molar-refractivity contribution in [3.05, 3.63) is 35.1 Å². The molecule has 3 amide bonds. The lowest BCUT2D eigenvalue weighted by Gasteiger charge is -2.21. The molecule has 1 aromatic rings. The Morgan fingerprint density at radius 2 is 2.20 bits per heavy atom. The number of benzene rings is 1. The van der Waals surface area contributed by atoms with Gasteiger partial charge in [-0.2, -0.15) is 0 Å². The fourth-order valence-electron chi connectivity index (χ4n) is 1.91. The highest BCUT2D eigenvalue weighted by atomic mass is 19.1. The van der Waals surface area contributed by atoms with E-state index >= 15 is 0 Å². The van der Waals surface area contributed by atoms with Crippen LogP contribution >= 0.6 is 0 Å². The normalized spacial score (nSPS) is 18.6. The molecule has 0 saturated carbocycles. The molecule has 7 heteroatoms. The van der Waals surface area contributed by atoms with Crippen LogP contribution in [0.1, 0.15) is 28.8 Å². The van der Waals surface area contributed by atoms with Crippen molar-refractivity contribution < 1.29 is 23.9 Å². The van der Waals surface area contributed by atoms with E-state index in [0.717, 1.165) is 6.07 Å². The minimum Gasteiger partial charge on any atom is -0.392 e. The number of halogens is 1. The second-order valence-electron chi connectivity index (χ2n) is 4.45. The second kappa shape index (κ2) is 5.79. The molecule has 0 aromatic heterocycles. The van der Waals surface area contributed by atoms with Gasteiger partial charge < -0.3 is 10.4 Å². The van der Waals surface area contributed by atoms with Crippen LogP contribution in [-0.2, 0) is 16.2 Å². The van der Waals surface area contributed by atoms with Gasteiger partial charge in [0.05, 0.1) is 12.2 Å². The number of hydrogen-bond donors (Lipinski definition) is 3. The second-order valence-corrected chi connectivity index (χ2v) is 4.45. The van der Waals surface area contributed by atoms with Gasteiger partial charge in [-0.1, -0.05) is 6.07 Å². The third-order valence-electron chi connectivity index (χ3n) is 3.01. The number of hydrogen-bond acceptors (Lipinski definition) is 4. The van der Waals surface area contributed by atoms with Crippen molar-refractivity contribution in [2.24, 2.45) is 0 Å². The van der Waals surface area contributed by atoms with Crippen LogP contribution in [0.15, 0.2) is 18.2 Å². The first-order valence-electron chi connectivity index (χ1n) is 6.05. The van der Waals surface area contributed by atoms with Gasteiger partial charge in [0.1, 0.15) is 11.9 Å². The molecule has 0 spiro atoms. The zero-order valence-electron chi connectivity index (χ0n) is 10.5. The molecule has 3 N–H and O–H groups in total. The van der Waals surface area contributed by atoms with E-state index in [2.05, 4.69) is 10.6 Å². The van der Waals surface area contributed by atoms with E-state index in [1.54, 1.807) is 0 Å². The van der Waals surface area contributed by atoms with Crippen molar-refractivity contribution in [2.75, 3.05) is 0 Å². The van der Waals surface area contributed by atoms with Crippen molar-refractivity contribution in [3.8, 4) is 0 Å². The summed E-state index contributed by atoms with van der Waals surface area (Å²) in [6, 6.07) is 2.86. The van der Waals surface area contributed by atoms with Gasteiger partial charge >= 0.3 is 0 Å². The number of rotatable bonds is 3. The standard InChI is InChI=1S/C13H13FN2O4/c14-9-5-7(6-17)1-2-8(9)12(19)15-10-3-4-11(18)16-13(10)20/h1-2,5,10,17H,3-4,6H2,(H,15,19)(H,16,18,20). The lowest BCUT2D eigenvalue weighted by Crippen LogP contribution is -2.52. The van der Waals surface area contributed by atoms with Gasteiger partial charge in [-0.15, -0.1) is 0 Å². The maximum absolute atomic E-state index is 13.7. The van der Waals surface area contributed by atoms with E-state index in [9.17, 15) is 18.8 Å². The number of aliphatic hydroxyl groups is 1. The predicted molar refractivity (Wildman–Crippen MR) is 66.0 cm³/mol. The van der Waals surface area contributed by atoms with Crippen LogP contribution in [0.25, 0.3) is 0 Å². The fraction of sp³-hybridized carbons (Fsp3) is 0.308. The number of aliphatic hydroxyl groups excluding tert-OH is 1. The summed E-state index contributed by atoms with van der Waals surface area (Å²) >= 11 is 0. The zero-order chi connectivity index (χ0) is 14.7. The number of carbonyl (C=O) groups excluding carboxylic acids is 3. The molecule has 1 atom stereocenters. The number of imide groups is 1. The van der Waals surface area contributed by atoms with Crippen LogP contribution in [-0.4, -0.2) is 28.9 Å². The Hall–Kier alpha value is -2.28. The molecule has 1 fully saturated rings. The molecule has 106 valence electrons. The Labute approximate surface area is 114 Å². The molecule has 0 bridgehead atoms. The lowest BCUT2D eigenvalue weighted by atomic mass is 10.0. The summed E-state index contributed by atoms with van der Waals surface area (Å²) in [5.74, 6) is -2.50. The van der Waals surface area contributed by atoms with Crippen molar-refractivity contribution in [1.29, 1.82) is 0 Å². The van der Waals surface area contributed by atoms with E-state index in [-0.39, 0.29) is 30.9 Å². The average Bonchev–Trinajstić information content (AvgIpc) is 2.41. The smallest absolute Gasteiger partial charge is 0.254 e. The van der Waals surface area contributed by atoms with Crippen molar-refractivity contribution in [2.45, 2.75) is 25.5 Å². The van der Waals surface area contributed by atoms with Gasteiger partial charge in [0, 0.05) is 6.42 Å². The first-order valence-corrected chi connectivity index (χ1v) is 6.05. The molecule has 1 saturated heterocycles. The van der Waals surface area contributed by atoms with Gasteiger partial charge in [0.2, 0.25) is 11.8 Å². The molecule has 6 nitrogen and oxygen atoms in total. The third-order valence-corrected chi connectivity index (χ3v) is 3.01. The molecule has 0 radical (unpaired) electrons. The summed E-state index contributed by atoms with van der Waals surface area (Å²) in [6.07, 6.45) is 0.315. The number of carbonyl (C=O) groups is 3. The first kappa shape index (κ1) is 14.1. The van der Waals surface area contributed by atoms with E-state index in [4.69, 9.17) is 5.11 Å². The van der Waals surface area contributed by atoms with Crippen LogP contribution in [0, 0.1) is 5.82 Å². The minimum atomic E-state index is -0.850. The highest BCUT2D eigenvalue weighted by molar-refractivity contribution is 6.03. The van der Waals surface area contributed by atoms with Crippen LogP contribution < -0.4 is 10.6 Å². The summed E-state index contributed by atoms with van der Waals surface area (Å²) < 4.78 is 13.7. The van der Waals surface area contributed by atoms with Crippen molar-refractivity contribution in [1.82, 2.24) is 10.6 Å². The summed E-state index contributed by atoms with van der Waals surface area (Å²) in [6.45, 7) is -0.327. The SMILES string of the molecule is O=C1CCC(NC(=O)c2ccc(CO)cc2F)C(=O)N1. The summed E-state index contributed by atoms with van der Waals surface area (Å²) in [5, 5.41) is 13.3. The largest absolute Gasteiger partial charge is 0.392 e. The molecule has 1 unspecified atom stereocenters. The van der Waals surface area contributed by atoms with Gasteiger partial charge in [-0.3, -0.25) is 19.7 Å². The Balaban J connectivity index is 2.08. The van der Waals surface area contributed by atoms with Crippen molar-refractivity contribution >= 4 is 17.7 Å². The Kier molecular flexibility index (Phi) is 4.09. The Morgan fingerprint density at radius 1 is 1.45 bits per heavy atom. The van der Waals surface area contributed by atoms with Crippen LogP contribution in [0.3, 0.4) is 0 Å². The van der Waals surface area contributed by atoms with Crippen LogP contribution in [0.4, 0.5) is 4.39 Å². The molecular formula is C13H13FN2O4. The maximum Gasteiger partial charge on any atom is 0.254 e. The van der Waals surface area contributed by atoms with E-state index < -0.39 is 23.7 Å². The first-order chi connectivity index (χ1) is 9.51. The molecule has 1 heterocycles. The molecule has 1 aliphatic rings. The molecule has 1 aromatic carbocycles.